The highest BCUT2D eigenvalue weighted by molar-refractivity contribution is 5.89. The number of carbonyl (C=O) groups excluding carboxylic acids is 2. The van der Waals surface area contributed by atoms with Crippen LogP contribution in [0, 0.1) is 5.92 Å². The summed E-state index contributed by atoms with van der Waals surface area (Å²) in [6.45, 7) is 5.70. The van der Waals surface area contributed by atoms with Gasteiger partial charge in [0.15, 0.2) is 29.3 Å². The van der Waals surface area contributed by atoms with Gasteiger partial charge in [-0.2, -0.15) is 0 Å². The van der Waals surface area contributed by atoms with E-state index in [1.54, 1.807) is 0 Å². The first-order valence-corrected chi connectivity index (χ1v) is 13.3. The molecule has 1 aromatic carbocycles. The molecular formula is C28H37NO9. The largest absolute Gasteiger partial charge is 0.497 e. The molecule has 0 saturated carbocycles. The Morgan fingerprint density at radius 1 is 1.21 bits per heavy atom. The fourth-order valence-corrected chi connectivity index (χ4v) is 6.48. The second-order valence-corrected chi connectivity index (χ2v) is 11.1. The molecule has 3 unspecified atom stereocenters. The number of ether oxygens (including phenoxy) is 5. The molecule has 10 heteroatoms. The molecule has 2 N–H and O–H groups in total. The fourth-order valence-electron chi connectivity index (χ4n) is 6.48. The van der Waals surface area contributed by atoms with E-state index in [2.05, 4.69) is 9.64 Å². The van der Waals surface area contributed by atoms with Crippen molar-refractivity contribution in [2.45, 2.75) is 75.2 Å². The SMILES string of the molecule is COC(=O)[C@@H](O)[C@](O)(CCC(C)C)C(=O)OC1C(OC)=CC23CCCN2CCc2cc4c(cc2C13)OCO4. The number of aliphatic hydroxyl groups excluding tert-OH is 1. The summed E-state index contributed by atoms with van der Waals surface area (Å²) in [4.78, 5) is 28.4. The third-order valence-electron chi connectivity index (χ3n) is 8.53. The van der Waals surface area contributed by atoms with Crippen molar-refractivity contribution in [1.82, 2.24) is 4.90 Å². The van der Waals surface area contributed by atoms with Gasteiger partial charge < -0.3 is 33.9 Å². The summed E-state index contributed by atoms with van der Waals surface area (Å²) in [5.41, 5.74) is -0.890. The Balaban J connectivity index is 1.56. The summed E-state index contributed by atoms with van der Waals surface area (Å²) >= 11 is 0. The maximum Gasteiger partial charge on any atom is 0.342 e. The van der Waals surface area contributed by atoms with E-state index in [1.165, 1.54) is 7.11 Å². The summed E-state index contributed by atoms with van der Waals surface area (Å²) in [5, 5.41) is 22.1. The van der Waals surface area contributed by atoms with Crippen molar-refractivity contribution < 1.29 is 43.5 Å². The molecule has 1 aliphatic carbocycles. The summed E-state index contributed by atoms with van der Waals surface area (Å²) in [5.74, 6) is -0.634. The van der Waals surface area contributed by atoms with E-state index in [4.69, 9.17) is 18.9 Å². The molecule has 1 spiro atoms. The molecule has 10 nitrogen and oxygen atoms in total. The fraction of sp³-hybridized carbons (Fsp3) is 0.643. The number of methoxy groups -OCH3 is 2. The monoisotopic (exact) mass is 531 g/mol. The van der Waals surface area contributed by atoms with Crippen LogP contribution in [0.3, 0.4) is 0 Å². The molecule has 3 aliphatic heterocycles. The van der Waals surface area contributed by atoms with Gasteiger partial charge in [0.2, 0.25) is 6.79 Å². The third-order valence-corrected chi connectivity index (χ3v) is 8.53. The predicted molar refractivity (Wildman–Crippen MR) is 135 cm³/mol. The van der Waals surface area contributed by atoms with Crippen LogP contribution < -0.4 is 9.47 Å². The standard InChI is InChI=1S/C28H37NO9/c1-16(2)6-9-28(33,24(30)25(31)35-4)26(32)38-23-21(34-3)14-27-8-5-10-29(27)11-7-17-12-19-20(37-15-36-19)13-18(17)22(23)27/h12-14,16,22-24,30,33H,5-11,15H2,1-4H3/t22?,23?,24-,27?,28-/m1/s1. The lowest BCUT2D eigenvalue weighted by Crippen LogP contribution is -2.56. The van der Waals surface area contributed by atoms with E-state index in [1.807, 2.05) is 32.1 Å². The summed E-state index contributed by atoms with van der Waals surface area (Å²) < 4.78 is 27.8. The number of hydrogen-bond donors (Lipinski definition) is 2. The van der Waals surface area contributed by atoms with Gasteiger partial charge in [-0.25, -0.2) is 9.59 Å². The number of carbonyl (C=O) groups is 2. The minimum Gasteiger partial charge on any atom is -0.497 e. The Morgan fingerprint density at radius 2 is 1.95 bits per heavy atom. The van der Waals surface area contributed by atoms with Crippen LogP contribution in [0.4, 0.5) is 0 Å². The molecular weight excluding hydrogens is 494 g/mol. The van der Waals surface area contributed by atoms with Gasteiger partial charge in [0.25, 0.3) is 0 Å². The quantitative estimate of drug-likeness (QED) is 0.482. The maximum atomic E-state index is 13.7. The highest BCUT2D eigenvalue weighted by Gasteiger charge is 2.59. The normalized spacial score (nSPS) is 27.9. The second kappa shape index (κ2) is 10.1. The number of aliphatic hydroxyl groups is 2. The minimum absolute atomic E-state index is 0.105. The Kier molecular flexibility index (Phi) is 7.08. The number of esters is 2. The molecule has 1 aromatic rings. The molecule has 5 atom stereocenters. The van der Waals surface area contributed by atoms with Crippen molar-refractivity contribution in [2.24, 2.45) is 5.92 Å². The van der Waals surface area contributed by atoms with E-state index in [-0.39, 0.29) is 25.0 Å². The Hall–Kier alpha value is -2.82. The lowest BCUT2D eigenvalue weighted by atomic mass is 9.77. The summed E-state index contributed by atoms with van der Waals surface area (Å²) in [6.07, 6.45) is 1.88. The molecule has 0 aromatic heterocycles. The topological polar surface area (TPSA) is 124 Å². The zero-order valence-corrected chi connectivity index (χ0v) is 22.4. The van der Waals surface area contributed by atoms with Gasteiger partial charge in [-0.1, -0.05) is 13.8 Å². The number of fused-ring (bicyclic) bond motifs is 3. The molecule has 1 fully saturated rings. The second-order valence-electron chi connectivity index (χ2n) is 11.1. The minimum atomic E-state index is -2.48. The summed E-state index contributed by atoms with van der Waals surface area (Å²) in [7, 11) is 2.62. The first kappa shape index (κ1) is 26.8. The smallest absolute Gasteiger partial charge is 0.342 e. The third kappa shape index (κ3) is 4.23. The van der Waals surface area contributed by atoms with Crippen molar-refractivity contribution in [2.75, 3.05) is 34.1 Å². The van der Waals surface area contributed by atoms with Crippen LogP contribution in [0.25, 0.3) is 0 Å². The number of hydrogen-bond acceptors (Lipinski definition) is 10. The van der Waals surface area contributed by atoms with Crippen LogP contribution >= 0.6 is 0 Å². The molecule has 38 heavy (non-hydrogen) atoms. The van der Waals surface area contributed by atoms with Gasteiger partial charge in [0, 0.05) is 6.54 Å². The van der Waals surface area contributed by atoms with E-state index in [9.17, 15) is 19.8 Å². The molecule has 0 amide bonds. The van der Waals surface area contributed by atoms with Crippen LogP contribution in [-0.4, -0.2) is 84.5 Å². The van der Waals surface area contributed by atoms with E-state index < -0.39 is 35.3 Å². The molecule has 208 valence electrons. The lowest BCUT2D eigenvalue weighted by Gasteiger charge is -2.40. The summed E-state index contributed by atoms with van der Waals surface area (Å²) in [6, 6.07) is 3.96. The average molecular weight is 532 g/mol. The van der Waals surface area contributed by atoms with Gasteiger partial charge >= 0.3 is 11.9 Å². The van der Waals surface area contributed by atoms with Crippen molar-refractivity contribution in [3.63, 3.8) is 0 Å². The van der Waals surface area contributed by atoms with E-state index in [0.717, 1.165) is 50.6 Å². The van der Waals surface area contributed by atoms with Crippen molar-refractivity contribution in [3.8, 4) is 11.5 Å². The van der Waals surface area contributed by atoms with Gasteiger partial charge in [-0.05, 0) is 73.9 Å². The van der Waals surface area contributed by atoms with Gasteiger partial charge in [0.05, 0.1) is 25.7 Å². The molecule has 4 aliphatic rings. The Morgan fingerprint density at radius 3 is 2.63 bits per heavy atom. The van der Waals surface area contributed by atoms with Crippen molar-refractivity contribution >= 4 is 11.9 Å². The average Bonchev–Trinajstić information content (AvgIpc) is 3.59. The van der Waals surface area contributed by atoms with Crippen LogP contribution in [0.5, 0.6) is 11.5 Å². The number of nitrogens with zero attached hydrogens (tertiary/aromatic N) is 1. The van der Waals surface area contributed by atoms with Crippen LogP contribution in [0.2, 0.25) is 0 Å². The predicted octanol–water partition coefficient (Wildman–Crippen LogP) is 2.05. The Labute approximate surface area is 222 Å². The highest BCUT2D eigenvalue weighted by atomic mass is 16.7. The van der Waals surface area contributed by atoms with Crippen LogP contribution in [0.15, 0.2) is 24.0 Å². The Bertz CT molecular complexity index is 1130. The first-order chi connectivity index (χ1) is 18.1. The van der Waals surface area contributed by atoms with E-state index >= 15 is 0 Å². The maximum absolute atomic E-state index is 13.7. The highest BCUT2D eigenvalue weighted by Crippen LogP contribution is 2.55. The molecule has 3 heterocycles. The van der Waals surface area contributed by atoms with Crippen molar-refractivity contribution in [3.05, 3.63) is 35.1 Å². The van der Waals surface area contributed by atoms with Crippen molar-refractivity contribution in [1.29, 1.82) is 0 Å². The van der Waals surface area contributed by atoms with Crippen LogP contribution in [0.1, 0.15) is 56.6 Å². The molecule has 1 saturated heterocycles. The zero-order valence-electron chi connectivity index (χ0n) is 22.4. The molecule has 0 radical (unpaired) electrons. The van der Waals surface area contributed by atoms with Crippen LogP contribution in [-0.2, 0) is 30.2 Å². The molecule has 5 rings (SSSR count). The zero-order chi connectivity index (χ0) is 27.2. The number of benzene rings is 1. The lowest BCUT2D eigenvalue weighted by molar-refractivity contribution is -0.195. The van der Waals surface area contributed by atoms with E-state index in [0.29, 0.717) is 23.7 Å². The first-order valence-electron chi connectivity index (χ1n) is 13.3. The van der Waals surface area contributed by atoms with Gasteiger partial charge in [-0.3, -0.25) is 4.90 Å². The van der Waals surface area contributed by atoms with Gasteiger partial charge in [0.1, 0.15) is 5.76 Å². The van der Waals surface area contributed by atoms with Gasteiger partial charge in [-0.15, -0.1) is 0 Å². The molecule has 0 bridgehead atoms. The number of rotatable bonds is 8.